The summed E-state index contributed by atoms with van der Waals surface area (Å²) in [7, 11) is 1.97. The maximum atomic E-state index is 13.1. The largest absolute Gasteiger partial charge is 0.490 e. The molecule has 2 N–H and O–H groups in total. The number of hydrogen-bond acceptors (Lipinski definition) is 6. The first-order valence-corrected chi connectivity index (χ1v) is 13.3. The molecule has 2 aromatic rings. The fourth-order valence-corrected chi connectivity index (χ4v) is 5.84. The van der Waals surface area contributed by atoms with Gasteiger partial charge in [-0.3, -0.25) is 19.5 Å². The zero-order valence-electron chi connectivity index (χ0n) is 23.4. The molecule has 16 heteroatoms. The SMILES string of the molecule is CN1C(=O)[C@H]2CN(Cc3cccnc3)C[C@H]2C12CCN(C(=O)c1ccccc1)CC2.O=C(O)C(F)(F)F.O=C(O)C(F)(F)F. The Kier molecular flexibility index (Phi) is 10.6. The van der Waals surface area contributed by atoms with E-state index in [1.165, 1.54) is 5.56 Å². The summed E-state index contributed by atoms with van der Waals surface area (Å²) in [6.45, 7) is 4.00. The summed E-state index contributed by atoms with van der Waals surface area (Å²) in [4.78, 5) is 54.4. The van der Waals surface area contributed by atoms with Crippen molar-refractivity contribution in [1.29, 1.82) is 0 Å². The molecule has 0 saturated carbocycles. The maximum Gasteiger partial charge on any atom is 0.490 e. The lowest BCUT2D eigenvalue weighted by molar-refractivity contribution is -0.193. The second-order valence-electron chi connectivity index (χ2n) is 10.5. The van der Waals surface area contributed by atoms with Crippen LogP contribution >= 0.6 is 0 Å². The second-order valence-corrected chi connectivity index (χ2v) is 10.5. The number of hydrogen-bond donors (Lipinski definition) is 2. The van der Waals surface area contributed by atoms with Crippen LogP contribution in [0.3, 0.4) is 0 Å². The van der Waals surface area contributed by atoms with Crippen molar-refractivity contribution in [3.05, 3.63) is 66.0 Å². The highest BCUT2D eigenvalue weighted by atomic mass is 19.4. The predicted molar refractivity (Wildman–Crippen MR) is 141 cm³/mol. The Morgan fingerprint density at radius 1 is 0.909 bits per heavy atom. The Hall–Kier alpha value is -4.21. The highest BCUT2D eigenvalue weighted by Crippen LogP contribution is 2.49. The van der Waals surface area contributed by atoms with Crippen LogP contribution in [-0.4, -0.2) is 105 Å². The smallest absolute Gasteiger partial charge is 0.475 e. The molecule has 0 bridgehead atoms. The minimum absolute atomic E-state index is 0.0723. The third kappa shape index (κ3) is 8.03. The number of likely N-dealkylation sites (tertiary alicyclic amines) is 3. The highest BCUT2D eigenvalue weighted by molar-refractivity contribution is 5.94. The zero-order valence-corrected chi connectivity index (χ0v) is 23.4. The third-order valence-corrected chi connectivity index (χ3v) is 7.95. The standard InChI is InChI=1S/C24H28N4O2.2C2HF3O2/c1-26-23(30)20-16-27(15-18-6-5-11-25-14-18)17-21(20)24(26)9-12-28(13-10-24)22(29)19-7-3-2-4-8-19;2*3-2(4,5)1(6)7/h2-8,11,14,20-21H,9-10,12-13,15-17H2,1H3;2*(H,6,7)/t20-,21+;;/m0../s1. The first-order chi connectivity index (χ1) is 20.5. The van der Waals surface area contributed by atoms with Gasteiger partial charge in [0.25, 0.3) is 5.91 Å². The van der Waals surface area contributed by atoms with Crippen LogP contribution in [0, 0.1) is 11.8 Å². The molecule has 3 aliphatic heterocycles. The van der Waals surface area contributed by atoms with Crippen molar-refractivity contribution in [3.63, 3.8) is 0 Å². The van der Waals surface area contributed by atoms with Gasteiger partial charge in [-0.15, -0.1) is 0 Å². The number of carboxylic acid groups (broad SMARTS) is 2. The number of fused-ring (bicyclic) bond motifs is 2. The molecule has 3 fully saturated rings. The van der Waals surface area contributed by atoms with Crippen molar-refractivity contribution in [2.75, 3.05) is 33.2 Å². The monoisotopic (exact) mass is 632 g/mol. The Labute approximate surface area is 247 Å². The summed E-state index contributed by atoms with van der Waals surface area (Å²) in [6.07, 6.45) is -4.75. The van der Waals surface area contributed by atoms with E-state index in [2.05, 4.69) is 16.0 Å². The van der Waals surface area contributed by atoms with E-state index in [0.29, 0.717) is 19.0 Å². The van der Waals surface area contributed by atoms with E-state index in [0.717, 1.165) is 38.0 Å². The number of carbonyl (C=O) groups is 4. The molecule has 44 heavy (non-hydrogen) atoms. The van der Waals surface area contributed by atoms with Crippen LogP contribution in [0.1, 0.15) is 28.8 Å². The van der Waals surface area contributed by atoms with Gasteiger partial charge in [0, 0.05) is 63.6 Å². The van der Waals surface area contributed by atoms with Gasteiger partial charge < -0.3 is 20.0 Å². The second kappa shape index (κ2) is 13.6. The van der Waals surface area contributed by atoms with Gasteiger partial charge in [0.15, 0.2) is 0 Å². The van der Waals surface area contributed by atoms with Crippen molar-refractivity contribution in [2.45, 2.75) is 37.3 Å². The van der Waals surface area contributed by atoms with Crippen LogP contribution in [0.15, 0.2) is 54.9 Å². The molecule has 5 rings (SSSR count). The minimum atomic E-state index is -5.08. The highest BCUT2D eigenvalue weighted by Gasteiger charge is 2.60. The average molecular weight is 633 g/mol. The molecule has 240 valence electrons. The molecule has 2 amide bonds. The summed E-state index contributed by atoms with van der Waals surface area (Å²) in [5.41, 5.74) is 1.81. The van der Waals surface area contributed by atoms with Crippen molar-refractivity contribution in [1.82, 2.24) is 19.7 Å². The van der Waals surface area contributed by atoms with Crippen LogP contribution < -0.4 is 0 Å². The molecule has 1 aromatic heterocycles. The predicted octanol–water partition coefficient (Wildman–Crippen LogP) is 3.54. The fraction of sp³-hybridized carbons (Fsp3) is 0.464. The van der Waals surface area contributed by atoms with Gasteiger partial charge in [-0.1, -0.05) is 24.3 Å². The van der Waals surface area contributed by atoms with Gasteiger partial charge in [-0.2, -0.15) is 26.3 Å². The molecule has 10 nitrogen and oxygen atoms in total. The lowest BCUT2D eigenvalue weighted by atomic mass is 9.75. The molecule has 2 atom stereocenters. The maximum absolute atomic E-state index is 13.1. The molecular formula is C28H30F6N4O6. The van der Waals surface area contributed by atoms with Gasteiger partial charge in [0.2, 0.25) is 5.91 Å². The fourth-order valence-electron chi connectivity index (χ4n) is 5.84. The van der Waals surface area contributed by atoms with Gasteiger partial charge in [0.1, 0.15) is 0 Å². The first kappa shape index (κ1) is 34.3. The van der Waals surface area contributed by atoms with E-state index in [1.807, 2.05) is 59.4 Å². The molecule has 3 saturated heterocycles. The van der Waals surface area contributed by atoms with Crippen molar-refractivity contribution < 1.29 is 55.7 Å². The van der Waals surface area contributed by atoms with Crippen LogP contribution in [0.5, 0.6) is 0 Å². The van der Waals surface area contributed by atoms with Crippen LogP contribution in [0.2, 0.25) is 0 Å². The van der Waals surface area contributed by atoms with Crippen molar-refractivity contribution in [3.8, 4) is 0 Å². The zero-order chi connectivity index (χ0) is 32.9. The normalized spacial score (nSPS) is 21.1. The van der Waals surface area contributed by atoms with Gasteiger partial charge >= 0.3 is 24.3 Å². The molecule has 0 aliphatic carbocycles. The molecule has 0 radical (unpaired) electrons. The van der Waals surface area contributed by atoms with E-state index in [4.69, 9.17) is 19.8 Å². The van der Waals surface area contributed by atoms with Gasteiger partial charge in [-0.25, -0.2) is 9.59 Å². The molecule has 4 heterocycles. The number of alkyl halides is 6. The van der Waals surface area contributed by atoms with Gasteiger partial charge in [0.05, 0.1) is 11.5 Å². The first-order valence-electron chi connectivity index (χ1n) is 13.3. The summed E-state index contributed by atoms with van der Waals surface area (Å²) in [5.74, 6) is -4.74. The van der Waals surface area contributed by atoms with E-state index in [1.54, 1.807) is 6.20 Å². The Balaban J connectivity index is 0.000000317. The molecule has 3 aliphatic rings. The number of benzene rings is 1. The number of pyridine rings is 1. The molecular weight excluding hydrogens is 602 g/mol. The lowest BCUT2D eigenvalue weighted by Gasteiger charge is -2.46. The number of nitrogens with zero attached hydrogens (tertiary/aromatic N) is 4. The third-order valence-electron chi connectivity index (χ3n) is 7.95. The number of aliphatic carboxylic acids is 2. The molecule has 1 spiro atoms. The quantitative estimate of drug-likeness (QED) is 0.492. The number of rotatable bonds is 3. The topological polar surface area (TPSA) is 131 Å². The number of carboxylic acids is 2. The summed E-state index contributed by atoms with van der Waals surface area (Å²) in [6, 6.07) is 13.6. The van der Waals surface area contributed by atoms with Gasteiger partial charge in [-0.05, 0) is 36.6 Å². The number of carbonyl (C=O) groups excluding carboxylic acids is 2. The van der Waals surface area contributed by atoms with E-state index in [-0.39, 0.29) is 23.3 Å². The van der Waals surface area contributed by atoms with Crippen LogP contribution in [0.25, 0.3) is 0 Å². The van der Waals surface area contributed by atoms with E-state index < -0.39 is 24.3 Å². The number of amides is 2. The van der Waals surface area contributed by atoms with Crippen molar-refractivity contribution >= 4 is 23.8 Å². The van der Waals surface area contributed by atoms with Crippen LogP contribution in [-0.2, 0) is 20.9 Å². The van der Waals surface area contributed by atoms with Crippen molar-refractivity contribution in [2.24, 2.45) is 11.8 Å². The Morgan fingerprint density at radius 3 is 1.93 bits per heavy atom. The van der Waals surface area contributed by atoms with E-state index in [9.17, 15) is 35.9 Å². The average Bonchev–Trinajstić information content (AvgIpc) is 3.47. The molecule has 1 aromatic carbocycles. The number of halogens is 6. The van der Waals surface area contributed by atoms with E-state index >= 15 is 0 Å². The number of piperidine rings is 1. The molecule has 0 unspecified atom stereocenters. The Morgan fingerprint density at radius 2 is 1.45 bits per heavy atom. The Bertz CT molecular complexity index is 1290. The summed E-state index contributed by atoms with van der Waals surface area (Å²) >= 11 is 0. The minimum Gasteiger partial charge on any atom is -0.475 e. The summed E-state index contributed by atoms with van der Waals surface area (Å²) < 4.78 is 63.5. The summed E-state index contributed by atoms with van der Waals surface area (Å²) in [5, 5.41) is 14.2. The van der Waals surface area contributed by atoms with Crippen LogP contribution in [0.4, 0.5) is 26.3 Å². The number of aromatic nitrogens is 1. The lowest BCUT2D eigenvalue weighted by Crippen LogP contribution is -2.56.